The molecule has 0 bridgehead atoms. The van der Waals surface area contributed by atoms with Gasteiger partial charge in [0, 0.05) is 11.8 Å². The van der Waals surface area contributed by atoms with E-state index in [1.807, 2.05) is 13.8 Å². The summed E-state index contributed by atoms with van der Waals surface area (Å²) in [5.41, 5.74) is -0.202. The van der Waals surface area contributed by atoms with Crippen LogP contribution in [-0.4, -0.2) is 26.3 Å². The highest BCUT2D eigenvalue weighted by Gasteiger charge is 2.64. The maximum atomic E-state index is 11.1. The van der Waals surface area contributed by atoms with E-state index in [-0.39, 0.29) is 17.3 Å². The third-order valence-corrected chi connectivity index (χ3v) is 3.85. The minimum Gasteiger partial charge on any atom is -0.481 e. The zero-order valence-electron chi connectivity index (χ0n) is 9.40. The average Bonchev–Trinajstić information content (AvgIpc) is 3.06. The van der Waals surface area contributed by atoms with Gasteiger partial charge < -0.3 is 5.11 Å². The molecule has 0 amide bonds. The van der Waals surface area contributed by atoms with Gasteiger partial charge in [0.2, 0.25) is 0 Å². The molecule has 0 radical (unpaired) electrons. The molecule has 2 aliphatic rings. The monoisotopic (exact) mass is 221 g/mol. The van der Waals surface area contributed by atoms with Gasteiger partial charge in [0.15, 0.2) is 5.82 Å². The smallest absolute Gasteiger partial charge is 0.307 e. The fraction of sp³-hybridized carbons (Fsp3) is 0.727. The second kappa shape index (κ2) is 2.84. The van der Waals surface area contributed by atoms with E-state index in [4.69, 9.17) is 5.11 Å². The second-order valence-electron chi connectivity index (χ2n) is 5.47. The van der Waals surface area contributed by atoms with E-state index < -0.39 is 5.97 Å². The van der Waals surface area contributed by atoms with Crippen LogP contribution in [0.25, 0.3) is 0 Å². The fourth-order valence-corrected chi connectivity index (χ4v) is 2.56. The minimum absolute atomic E-state index is 0.00926. The van der Waals surface area contributed by atoms with Crippen molar-refractivity contribution in [3.8, 4) is 0 Å². The van der Waals surface area contributed by atoms with Gasteiger partial charge in [-0.15, -0.1) is 0 Å². The number of aromatic amines is 1. The van der Waals surface area contributed by atoms with Crippen molar-refractivity contribution in [2.75, 3.05) is 0 Å². The summed E-state index contributed by atoms with van der Waals surface area (Å²) < 4.78 is 0. The van der Waals surface area contributed by atoms with Gasteiger partial charge in [-0.2, -0.15) is 5.10 Å². The highest BCUT2D eigenvalue weighted by molar-refractivity contribution is 5.77. The molecule has 0 aromatic carbocycles. The average molecular weight is 221 g/mol. The normalized spacial score (nSPS) is 31.4. The number of carboxylic acid groups (broad SMARTS) is 1. The highest BCUT2D eigenvalue weighted by atomic mass is 16.4. The molecular formula is C11H15N3O2. The summed E-state index contributed by atoms with van der Waals surface area (Å²) in [5, 5.41) is 16.2. The highest BCUT2D eigenvalue weighted by Crippen LogP contribution is 2.63. The molecule has 0 aliphatic heterocycles. The molecule has 0 spiro atoms. The quantitative estimate of drug-likeness (QED) is 0.810. The van der Waals surface area contributed by atoms with Crippen molar-refractivity contribution in [1.29, 1.82) is 0 Å². The Balaban J connectivity index is 1.84. The van der Waals surface area contributed by atoms with Crippen LogP contribution in [0, 0.1) is 11.3 Å². The van der Waals surface area contributed by atoms with Crippen LogP contribution >= 0.6 is 0 Å². The SMILES string of the molecule is CC1(C)C(C(=O)O)C1c1nc(C2CC2)n[nH]1. The van der Waals surface area contributed by atoms with Crippen molar-refractivity contribution >= 4 is 5.97 Å². The number of carbonyl (C=O) groups is 1. The van der Waals surface area contributed by atoms with Crippen LogP contribution in [0.15, 0.2) is 0 Å². The van der Waals surface area contributed by atoms with E-state index in [1.165, 1.54) is 0 Å². The Labute approximate surface area is 93.3 Å². The van der Waals surface area contributed by atoms with Crippen LogP contribution in [0.1, 0.15) is 50.2 Å². The van der Waals surface area contributed by atoms with E-state index in [1.54, 1.807) is 0 Å². The van der Waals surface area contributed by atoms with E-state index in [0.29, 0.717) is 5.92 Å². The molecule has 1 aromatic rings. The van der Waals surface area contributed by atoms with Crippen LogP contribution in [0.4, 0.5) is 0 Å². The van der Waals surface area contributed by atoms with E-state index in [0.717, 1.165) is 24.5 Å². The van der Waals surface area contributed by atoms with E-state index >= 15 is 0 Å². The van der Waals surface area contributed by atoms with Crippen molar-refractivity contribution in [1.82, 2.24) is 15.2 Å². The van der Waals surface area contributed by atoms with Crippen LogP contribution in [0.5, 0.6) is 0 Å². The fourth-order valence-electron chi connectivity index (χ4n) is 2.56. The number of nitrogens with one attached hydrogen (secondary N) is 1. The Hall–Kier alpha value is -1.39. The third-order valence-electron chi connectivity index (χ3n) is 3.85. The standard InChI is InChI=1S/C11H15N3O2/c1-11(2)6(7(11)10(15)16)9-12-8(13-14-9)5-3-4-5/h5-7H,3-4H2,1-2H3,(H,15,16)(H,12,13,14). The first-order valence-corrected chi connectivity index (χ1v) is 5.67. The van der Waals surface area contributed by atoms with Gasteiger partial charge in [-0.3, -0.25) is 9.89 Å². The summed E-state index contributed by atoms with van der Waals surface area (Å²) in [6.07, 6.45) is 2.32. The molecule has 86 valence electrons. The molecule has 1 aromatic heterocycles. The van der Waals surface area contributed by atoms with Crippen LogP contribution in [0.3, 0.4) is 0 Å². The number of carboxylic acids is 1. The van der Waals surface area contributed by atoms with Crippen LogP contribution < -0.4 is 0 Å². The van der Waals surface area contributed by atoms with Crippen LogP contribution in [0.2, 0.25) is 0 Å². The van der Waals surface area contributed by atoms with Gasteiger partial charge in [-0.25, -0.2) is 4.98 Å². The molecule has 2 aliphatic carbocycles. The van der Waals surface area contributed by atoms with Gasteiger partial charge >= 0.3 is 5.97 Å². The van der Waals surface area contributed by atoms with Crippen molar-refractivity contribution in [3.63, 3.8) is 0 Å². The third kappa shape index (κ3) is 1.27. The molecule has 2 atom stereocenters. The number of H-pyrrole nitrogens is 1. The van der Waals surface area contributed by atoms with Crippen molar-refractivity contribution in [3.05, 3.63) is 11.6 Å². The summed E-state index contributed by atoms with van der Waals surface area (Å²) in [6, 6.07) is 0. The number of hydrogen-bond donors (Lipinski definition) is 2. The first-order valence-electron chi connectivity index (χ1n) is 5.67. The minimum atomic E-state index is -0.737. The molecule has 2 saturated carbocycles. The van der Waals surface area contributed by atoms with Gasteiger partial charge in [0.25, 0.3) is 0 Å². The predicted molar refractivity (Wildman–Crippen MR) is 56.0 cm³/mol. The zero-order chi connectivity index (χ0) is 11.5. The Morgan fingerprint density at radius 2 is 2.19 bits per heavy atom. The number of hydrogen-bond acceptors (Lipinski definition) is 3. The summed E-state index contributed by atoms with van der Waals surface area (Å²) in [5.74, 6) is 1.05. The van der Waals surface area contributed by atoms with Gasteiger partial charge in [-0.1, -0.05) is 13.8 Å². The molecule has 16 heavy (non-hydrogen) atoms. The molecular weight excluding hydrogens is 206 g/mol. The molecule has 2 N–H and O–H groups in total. The van der Waals surface area contributed by atoms with Crippen LogP contribution in [-0.2, 0) is 4.79 Å². The van der Waals surface area contributed by atoms with Crippen molar-refractivity contribution < 1.29 is 9.90 Å². The first-order chi connectivity index (χ1) is 7.51. The zero-order valence-corrected chi connectivity index (χ0v) is 9.40. The lowest BCUT2D eigenvalue weighted by atomic mass is 10.1. The molecule has 0 saturated heterocycles. The lowest BCUT2D eigenvalue weighted by molar-refractivity contribution is -0.139. The Morgan fingerprint density at radius 1 is 1.50 bits per heavy atom. The molecule has 3 rings (SSSR count). The number of aromatic nitrogens is 3. The molecule has 1 heterocycles. The molecule has 5 nitrogen and oxygen atoms in total. The molecule has 2 unspecified atom stereocenters. The maximum Gasteiger partial charge on any atom is 0.307 e. The van der Waals surface area contributed by atoms with Gasteiger partial charge in [0.05, 0.1) is 5.92 Å². The summed E-state index contributed by atoms with van der Waals surface area (Å²) in [4.78, 5) is 15.5. The topological polar surface area (TPSA) is 78.9 Å². The molecule has 5 heteroatoms. The number of nitrogens with zero attached hydrogens (tertiary/aromatic N) is 2. The Morgan fingerprint density at radius 3 is 2.69 bits per heavy atom. The van der Waals surface area contributed by atoms with E-state index in [2.05, 4.69) is 15.2 Å². The Kier molecular flexibility index (Phi) is 1.74. The van der Waals surface area contributed by atoms with Crippen molar-refractivity contribution in [2.45, 2.75) is 38.5 Å². The maximum absolute atomic E-state index is 11.1. The van der Waals surface area contributed by atoms with E-state index in [9.17, 15) is 4.79 Å². The first kappa shape index (κ1) is 9.81. The predicted octanol–water partition coefficient (Wildman–Crippen LogP) is 1.51. The Bertz CT molecular complexity index is 448. The largest absolute Gasteiger partial charge is 0.481 e. The summed E-state index contributed by atoms with van der Waals surface area (Å²) in [7, 11) is 0. The summed E-state index contributed by atoms with van der Waals surface area (Å²) >= 11 is 0. The van der Waals surface area contributed by atoms with Gasteiger partial charge in [0.1, 0.15) is 5.82 Å². The lowest BCUT2D eigenvalue weighted by Crippen LogP contribution is -2.03. The second-order valence-corrected chi connectivity index (χ2v) is 5.47. The lowest BCUT2D eigenvalue weighted by Gasteiger charge is -1.97. The number of aliphatic carboxylic acids is 1. The van der Waals surface area contributed by atoms with Gasteiger partial charge in [-0.05, 0) is 18.3 Å². The molecule has 2 fully saturated rings. The van der Waals surface area contributed by atoms with Crippen molar-refractivity contribution in [2.24, 2.45) is 11.3 Å². The summed E-state index contributed by atoms with van der Waals surface area (Å²) in [6.45, 7) is 3.94. The number of rotatable bonds is 3.